The Labute approximate surface area is 61.9 Å². The SMILES string of the molecule is C=C1CCC(CCl)CC1. The van der Waals surface area contributed by atoms with Gasteiger partial charge in [0.1, 0.15) is 0 Å². The number of allylic oxidation sites excluding steroid dienone is 1. The van der Waals surface area contributed by atoms with Crippen LogP contribution in [0.4, 0.5) is 0 Å². The average Bonchev–Trinajstić information content (AvgIpc) is 1.90. The van der Waals surface area contributed by atoms with E-state index in [1.165, 1.54) is 31.3 Å². The molecule has 1 fully saturated rings. The molecule has 0 atom stereocenters. The third-order valence-electron chi connectivity index (χ3n) is 2.03. The summed E-state index contributed by atoms with van der Waals surface area (Å²) in [6.45, 7) is 3.94. The number of halogens is 1. The van der Waals surface area contributed by atoms with E-state index in [2.05, 4.69) is 6.58 Å². The van der Waals surface area contributed by atoms with E-state index in [0.29, 0.717) is 0 Å². The van der Waals surface area contributed by atoms with E-state index >= 15 is 0 Å². The summed E-state index contributed by atoms with van der Waals surface area (Å²) in [5, 5.41) is 0. The van der Waals surface area contributed by atoms with Crippen LogP contribution in [-0.2, 0) is 0 Å². The van der Waals surface area contributed by atoms with Crippen molar-refractivity contribution in [2.24, 2.45) is 5.92 Å². The van der Waals surface area contributed by atoms with Crippen molar-refractivity contribution in [2.45, 2.75) is 25.7 Å². The van der Waals surface area contributed by atoms with Crippen molar-refractivity contribution in [1.29, 1.82) is 0 Å². The molecule has 0 radical (unpaired) electrons. The van der Waals surface area contributed by atoms with E-state index in [0.717, 1.165) is 11.8 Å². The number of hydrogen-bond acceptors (Lipinski definition) is 0. The van der Waals surface area contributed by atoms with Gasteiger partial charge < -0.3 is 0 Å². The molecule has 1 saturated carbocycles. The summed E-state index contributed by atoms with van der Waals surface area (Å²) < 4.78 is 0. The molecular weight excluding hydrogens is 132 g/mol. The van der Waals surface area contributed by atoms with E-state index in [9.17, 15) is 0 Å². The molecule has 0 heterocycles. The van der Waals surface area contributed by atoms with E-state index in [4.69, 9.17) is 11.6 Å². The van der Waals surface area contributed by atoms with Gasteiger partial charge in [0.2, 0.25) is 0 Å². The molecule has 1 aliphatic carbocycles. The molecule has 0 bridgehead atoms. The van der Waals surface area contributed by atoms with Crippen molar-refractivity contribution in [3.05, 3.63) is 12.2 Å². The number of rotatable bonds is 1. The molecule has 0 spiro atoms. The molecule has 0 aromatic heterocycles. The Morgan fingerprint density at radius 2 is 2.00 bits per heavy atom. The smallest absolute Gasteiger partial charge is 0.0251 e. The average molecular weight is 145 g/mol. The zero-order chi connectivity index (χ0) is 6.69. The Hall–Kier alpha value is 0.0300. The van der Waals surface area contributed by atoms with Crippen LogP contribution < -0.4 is 0 Å². The standard InChI is InChI=1S/C8H13Cl/c1-7-2-4-8(6-9)5-3-7/h8H,1-6H2. The van der Waals surface area contributed by atoms with Gasteiger partial charge in [-0.3, -0.25) is 0 Å². The van der Waals surface area contributed by atoms with Crippen LogP contribution in [-0.4, -0.2) is 5.88 Å². The first kappa shape index (κ1) is 7.14. The molecule has 9 heavy (non-hydrogen) atoms. The van der Waals surface area contributed by atoms with Gasteiger partial charge in [0.15, 0.2) is 0 Å². The minimum absolute atomic E-state index is 0.775. The molecule has 1 aliphatic rings. The lowest BCUT2D eigenvalue weighted by molar-refractivity contribution is 0.450. The van der Waals surface area contributed by atoms with Crippen molar-refractivity contribution in [1.82, 2.24) is 0 Å². The van der Waals surface area contributed by atoms with Crippen molar-refractivity contribution in [3.8, 4) is 0 Å². The van der Waals surface area contributed by atoms with Crippen LogP contribution in [0.15, 0.2) is 12.2 Å². The quantitative estimate of drug-likeness (QED) is 0.392. The van der Waals surface area contributed by atoms with Gasteiger partial charge in [-0.1, -0.05) is 12.2 Å². The van der Waals surface area contributed by atoms with Crippen LogP contribution in [0.1, 0.15) is 25.7 Å². The van der Waals surface area contributed by atoms with E-state index in [1.807, 2.05) is 0 Å². The summed E-state index contributed by atoms with van der Waals surface area (Å²) in [6, 6.07) is 0. The number of alkyl halides is 1. The van der Waals surface area contributed by atoms with Crippen molar-refractivity contribution >= 4 is 11.6 Å². The maximum atomic E-state index is 5.70. The largest absolute Gasteiger partial charge is 0.126 e. The van der Waals surface area contributed by atoms with Gasteiger partial charge in [-0.25, -0.2) is 0 Å². The third-order valence-corrected chi connectivity index (χ3v) is 2.47. The molecule has 0 saturated heterocycles. The fourth-order valence-corrected chi connectivity index (χ4v) is 1.55. The van der Waals surface area contributed by atoms with Crippen LogP contribution in [0.5, 0.6) is 0 Å². The highest BCUT2D eigenvalue weighted by Gasteiger charge is 2.13. The minimum Gasteiger partial charge on any atom is -0.126 e. The fraction of sp³-hybridized carbons (Fsp3) is 0.750. The summed E-state index contributed by atoms with van der Waals surface area (Å²) in [5.41, 5.74) is 1.41. The highest BCUT2D eigenvalue weighted by atomic mass is 35.5. The Morgan fingerprint density at radius 1 is 1.44 bits per heavy atom. The van der Waals surface area contributed by atoms with Crippen molar-refractivity contribution < 1.29 is 0 Å². The lowest BCUT2D eigenvalue weighted by Gasteiger charge is -2.20. The zero-order valence-corrected chi connectivity index (χ0v) is 6.45. The van der Waals surface area contributed by atoms with Gasteiger partial charge in [-0.15, -0.1) is 11.6 Å². The Morgan fingerprint density at radius 3 is 2.44 bits per heavy atom. The molecule has 1 heteroatoms. The first-order chi connectivity index (χ1) is 4.33. The van der Waals surface area contributed by atoms with Gasteiger partial charge in [-0.2, -0.15) is 0 Å². The van der Waals surface area contributed by atoms with Crippen LogP contribution in [0, 0.1) is 5.92 Å². The third kappa shape index (κ3) is 2.02. The Balaban J connectivity index is 2.26. The van der Waals surface area contributed by atoms with Gasteiger partial charge in [0.05, 0.1) is 0 Å². The Bertz CT molecular complexity index is 97.1. The maximum absolute atomic E-state index is 5.70. The molecule has 0 nitrogen and oxygen atoms in total. The molecule has 0 unspecified atom stereocenters. The second kappa shape index (κ2) is 3.26. The second-order valence-corrected chi connectivity index (χ2v) is 3.16. The van der Waals surface area contributed by atoms with Gasteiger partial charge in [0, 0.05) is 5.88 Å². The first-order valence-corrected chi connectivity index (χ1v) is 4.09. The predicted octanol–water partition coefficient (Wildman–Crippen LogP) is 2.97. The zero-order valence-electron chi connectivity index (χ0n) is 5.70. The van der Waals surface area contributed by atoms with E-state index in [-0.39, 0.29) is 0 Å². The highest BCUT2D eigenvalue weighted by molar-refractivity contribution is 6.18. The first-order valence-electron chi connectivity index (χ1n) is 3.55. The fourth-order valence-electron chi connectivity index (χ4n) is 1.24. The summed E-state index contributed by atoms with van der Waals surface area (Å²) >= 11 is 5.70. The van der Waals surface area contributed by atoms with Gasteiger partial charge in [0.25, 0.3) is 0 Å². The normalized spacial score (nSPS) is 22.6. The van der Waals surface area contributed by atoms with Crippen LogP contribution in [0.3, 0.4) is 0 Å². The summed E-state index contributed by atoms with van der Waals surface area (Å²) in [4.78, 5) is 0. The molecule has 0 aliphatic heterocycles. The maximum Gasteiger partial charge on any atom is 0.0251 e. The molecule has 52 valence electrons. The molecule has 0 amide bonds. The monoisotopic (exact) mass is 144 g/mol. The summed E-state index contributed by atoms with van der Waals surface area (Å²) in [6.07, 6.45) is 4.94. The van der Waals surface area contributed by atoms with Crippen molar-refractivity contribution in [3.63, 3.8) is 0 Å². The van der Waals surface area contributed by atoms with Gasteiger partial charge in [-0.05, 0) is 31.6 Å². The predicted molar refractivity (Wildman–Crippen MR) is 41.8 cm³/mol. The van der Waals surface area contributed by atoms with E-state index in [1.54, 1.807) is 0 Å². The summed E-state index contributed by atoms with van der Waals surface area (Å²) in [5.74, 6) is 1.62. The van der Waals surface area contributed by atoms with Crippen LogP contribution in [0.2, 0.25) is 0 Å². The number of hydrogen-bond donors (Lipinski definition) is 0. The second-order valence-electron chi connectivity index (χ2n) is 2.85. The van der Waals surface area contributed by atoms with Crippen LogP contribution >= 0.6 is 11.6 Å². The lowest BCUT2D eigenvalue weighted by atomic mass is 9.88. The minimum atomic E-state index is 0.775. The van der Waals surface area contributed by atoms with Crippen molar-refractivity contribution in [2.75, 3.05) is 5.88 Å². The van der Waals surface area contributed by atoms with Crippen LogP contribution in [0.25, 0.3) is 0 Å². The van der Waals surface area contributed by atoms with Gasteiger partial charge >= 0.3 is 0 Å². The lowest BCUT2D eigenvalue weighted by Crippen LogP contribution is -2.08. The highest BCUT2D eigenvalue weighted by Crippen LogP contribution is 2.27. The molecular formula is C8H13Cl. The molecule has 0 aromatic rings. The topological polar surface area (TPSA) is 0 Å². The molecule has 0 aromatic carbocycles. The van der Waals surface area contributed by atoms with E-state index < -0.39 is 0 Å². The summed E-state index contributed by atoms with van der Waals surface area (Å²) in [7, 11) is 0. The molecule has 0 N–H and O–H groups in total. The Kier molecular flexibility index (Phi) is 2.59. The molecule has 1 rings (SSSR count).